The first kappa shape index (κ1) is 13.9. The fourth-order valence-corrected chi connectivity index (χ4v) is 4.37. The van der Waals surface area contributed by atoms with Crippen LogP contribution in [-0.2, 0) is 0 Å². The lowest BCUT2D eigenvalue weighted by atomic mass is 9.88. The predicted molar refractivity (Wildman–Crippen MR) is 82.8 cm³/mol. The third kappa shape index (κ3) is 2.58. The first-order valence-corrected chi connectivity index (χ1v) is 8.04. The van der Waals surface area contributed by atoms with Crippen LogP contribution in [0, 0.1) is 24.7 Å². The van der Waals surface area contributed by atoms with E-state index < -0.39 is 0 Å². The second-order valence-corrected chi connectivity index (χ2v) is 7.11. The Balaban J connectivity index is 1.65. The Kier molecular flexibility index (Phi) is 3.76. The maximum atomic E-state index is 10.2. The van der Waals surface area contributed by atoms with Crippen LogP contribution in [0.5, 0.6) is 5.75 Å². The maximum Gasteiger partial charge on any atom is 0.120 e. The van der Waals surface area contributed by atoms with Crippen LogP contribution in [0.4, 0.5) is 0 Å². The van der Waals surface area contributed by atoms with Gasteiger partial charge in [-0.2, -0.15) is 0 Å². The average molecular weight is 273 g/mol. The Morgan fingerprint density at radius 2 is 2.10 bits per heavy atom. The molecule has 0 radical (unpaired) electrons. The zero-order chi connectivity index (χ0) is 14.3. The molecule has 2 heteroatoms. The molecule has 2 bridgehead atoms. The lowest BCUT2D eigenvalue weighted by Gasteiger charge is -2.31. The summed E-state index contributed by atoms with van der Waals surface area (Å²) in [6, 6.07) is 6.33. The lowest BCUT2D eigenvalue weighted by molar-refractivity contribution is 0.180. The number of rotatable bonds is 4. The van der Waals surface area contributed by atoms with Crippen LogP contribution >= 0.6 is 0 Å². The summed E-state index contributed by atoms with van der Waals surface area (Å²) in [5, 5.41) is 10.2. The van der Waals surface area contributed by atoms with E-state index in [1.165, 1.54) is 32.2 Å². The number of hydrogen-bond donors (Lipinski definition) is 1. The summed E-state index contributed by atoms with van der Waals surface area (Å²) in [4.78, 5) is 2.43. The number of nitrogens with zero attached hydrogens (tertiary/aromatic N) is 1. The second kappa shape index (κ2) is 5.40. The Hall–Kier alpha value is -1.02. The van der Waals surface area contributed by atoms with E-state index in [1.807, 2.05) is 13.0 Å². The highest BCUT2D eigenvalue weighted by molar-refractivity contribution is 5.37. The Morgan fingerprint density at radius 3 is 2.70 bits per heavy atom. The monoisotopic (exact) mass is 273 g/mol. The Labute approximate surface area is 122 Å². The van der Waals surface area contributed by atoms with Gasteiger partial charge in [0, 0.05) is 18.2 Å². The van der Waals surface area contributed by atoms with Gasteiger partial charge in [0.2, 0.25) is 0 Å². The van der Waals surface area contributed by atoms with Gasteiger partial charge in [-0.3, -0.25) is 4.90 Å². The normalized spacial score (nSPS) is 30.1. The molecule has 3 rings (SSSR count). The first-order chi connectivity index (χ1) is 9.54. The third-order valence-electron chi connectivity index (χ3n) is 5.70. The number of fused-ring (bicyclic) bond motifs is 2. The van der Waals surface area contributed by atoms with E-state index in [2.05, 4.69) is 31.0 Å². The van der Waals surface area contributed by atoms with E-state index in [-0.39, 0.29) is 6.04 Å². The van der Waals surface area contributed by atoms with Gasteiger partial charge >= 0.3 is 0 Å². The average Bonchev–Trinajstić information content (AvgIpc) is 3.00. The molecule has 4 atom stereocenters. The first-order valence-electron chi connectivity index (χ1n) is 8.04. The van der Waals surface area contributed by atoms with Crippen molar-refractivity contribution < 1.29 is 5.11 Å². The summed E-state index contributed by atoms with van der Waals surface area (Å²) in [6.07, 6.45) is 5.83. The molecule has 0 saturated heterocycles. The molecule has 20 heavy (non-hydrogen) atoms. The number of aromatic hydroxyl groups is 1. The summed E-state index contributed by atoms with van der Waals surface area (Å²) in [7, 11) is 2.20. The van der Waals surface area contributed by atoms with Gasteiger partial charge in [0.25, 0.3) is 0 Å². The molecule has 2 aliphatic carbocycles. The summed E-state index contributed by atoms with van der Waals surface area (Å²) in [5.74, 6) is 3.31. The van der Waals surface area contributed by atoms with E-state index >= 15 is 0 Å². The van der Waals surface area contributed by atoms with Crippen LogP contribution < -0.4 is 0 Å². The zero-order valence-electron chi connectivity index (χ0n) is 13.0. The molecule has 4 unspecified atom stereocenters. The van der Waals surface area contributed by atoms with Crippen molar-refractivity contribution in [3.8, 4) is 5.75 Å². The highest BCUT2D eigenvalue weighted by Gasteiger charge is 2.40. The molecule has 2 nitrogen and oxygen atoms in total. The van der Waals surface area contributed by atoms with Crippen molar-refractivity contribution in [1.82, 2.24) is 4.90 Å². The van der Waals surface area contributed by atoms with Gasteiger partial charge in [-0.1, -0.05) is 18.6 Å². The number of aryl methyl sites for hydroxylation is 1. The van der Waals surface area contributed by atoms with E-state index in [1.54, 1.807) is 0 Å². The lowest BCUT2D eigenvalue weighted by Crippen LogP contribution is -2.31. The van der Waals surface area contributed by atoms with Crippen molar-refractivity contribution in [1.29, 1.82) is 0 Å². The minimum Gasteiger partial charge on any atom is -0.508 e. The molecule has 2 saturated carbocycles. The van der Waals surface area contributed by atoms with Crippen molar-refractivity contribution in [3.05, 3.63) is 29.3 Å². The van der Waals surface area contributed by atoms with Crippen LogP contribution in [0.3, 0.4) is 0 Å². The van der Waals surface area contributed by atoms with Gasteiger partial charge in [-0.25, -0.2) is 0 Å². The second-order valence-electron chi connectivity index (χ2n) is 7.11. The summed E-state index contributed by atoms with van der Waals surface area (Å²) >= 11 is 0. The van der Waals surface area contributed by atoms with Gasteiger partial charge in [0.15, 0.2) is 0 Å². The van der Waals surface area contributed by atoms with E-state index in [0.29, 0.717) is 5.75 Å². The largest absolute Gasteiger partial charge is 0.508 e. The van der Waals surface area contributed by atoms with Crippen molar-refractivity contribution in [3.63, 3.8) is 0 Å². The van der Waals surface area contributed by atoms with Gasteiger partial charge in [-0.05, 0) is 69.5 Å². The highest BCUT2D eigenvalue weighted by atomic mass is 16.3. The molecule has 2 fully saturated rings. The molecular weight excluding hydrogens is 246 g/mol. The van der Waals surface area contributed by atoms with Gasteiger partial charge in [0.05, 0.1) is 0 Å². The fraction of sp³-hybridized carbons (Fsp3) is 0.667. The van der Waals surface area contributed by atoms with Gasteiger partial charge in [0.1, 0.15) is 5.75 Å². The quantitative estimate of drug-likeness (QED) is 0.891. The van der Waals surface area contributed by atoms with Crippen LogP contribution in [0.15, 0.2) is 18.2 Å². The molecule has 0 spiro atoms. The number of hydrogen-bond acceptors (Lipinski definition) is 2. The molecule has 1 N–H and O–H groups in total. The van der Waals surface area contributed by atoms with Crippen LogP contribution in [0.2, 0.25) is 0 Å². The van der Waals surface area contributed by atoms with Crippen molar-refractivity contribution in [2.75, 3.05) is 13.6 Å². The number of phenols is 1. The standard InChI is InChI=1S/C18H27NO/c1-12-4-7-17(18(20)8-12)13(2)19(3)11-16-10-14-5-6-15(16)9-14/h4,7-8,13-16,20H,5-6,9-11H2,1-3H3. The smallest absolute Gasteiger partial charge is 0.120 e. The van der Waals surface area contributed by atoms with Crippen molar-refractivity contribution >= 4 is 0 Å². The Morgan fingerprint density at radius 1 is 1.30 bits per heavy atom. The van der Waals surface area contributed by atoms with Gasteiger partial charge < -0.3 is 5.11 Å². The molecule has 0 aliphatic heterocycles. The fourth-order valence-electron chi connectivity index (χ4n) is 4.37. The highest BCUT2D eigenvalue weighted by Crippen LogP contribution is 2.48. The summed E-state index contributed by atoms with van der Waals surface area (Å²) in [5.41, 5.74) is 2.18. The van der Waals surface area contributed by atoms with Crippen LogP contribution in [0.1, 0.15) is 49.8 Å². The SMILES string of the molecule is Cc1ccc(C(C)N(C)CC2CC3CCC2C3)c(O)c1. The van der Waals surface area contributed by atoms with E-state index in [0.717, 1.165) is 28.9 Å². The molecule has 1 aromatic carbocycles. The molecule has 0 aromatic heterocycles. The van der Waals surface area contributed by atoms with Crippen LogP contribution in [0.25, 0.3) is 0 Å². The third-order valence-corrected chi connectivity index (χ3v) is 5.70. The number of benzene rings is 1. The molecule has 0 amide bonds. The van der Waals surface area contributed by atoms with Crippen molar-refractivity contribution in [2.45, 2.75) is 45.6 Å². The molecular formula is C18H27NO. The van der Waals surface area contributed by atoms with E-state index in [9.17, 15) is 5.11 Å². The van der Waals surface area contributed by atoms with Crippen LogP contribution in [-0.4, -0.2) is 23.6 Å². The van der Waals surface area contributed by atoms with E-state index in [4.69, 9.17) is 0 Å². The minimum atomic E-state index is 0.287. The summed E-state index contributed by atoms with van der Waals surface area (Å²) < 4.78 is 0. The maximum absolute atomic E-state index is 10.2. The molecule has 110 valence electrons. The molecule has 0 heterocycles. The topological polar surface area (TPSA) is 23.5 Å². The Bertz CT molecular complexity index is 484. The summed E-state index contributed by atoms with van der Waals surface area (Å²) in [6.45, 7) is 5.40. The minimum absolute atomic E-state index is 0.287. The van der Waals surface area contributed by atoms with Gasteiger partial charge in [-0.15, -0.1) is 0 Å². The zero-order valence-corrected chi connectivity index (χ0v) is 13.0. The predicted octanol–water partition coefficient (Wildman–Crippen LogP) is 4.13. The molecule has 2 aliphatic rings. The molecule has 1 aromatic rings. The van der Waals surface area contributed by atoms with Crippen molar-refractivity contribution in [2.24, 2.45) is 17.8 Å². The number of phenolic OH excluding ortho intramolecular Hbond substituents is 1.